The van der Waals surface area contributed by atoms with Crippen LogP contribution >= 0.6 is 15.9 Å². The fourth-order valence-electron chi connectivity index (χ4n) is 2.76. The maximum absolute atomic E-state index is 3.81. The van der Waals surface area contributed by atoms with E-state index in [2.05, 4.69) is 36.7 Å². The van der Waals surface area contributed by atoms with Gasteiger partial charge in [-0.05, 0) is 48.0 Å². The fourth-order valence-corrected chi connectivity index (χ4v) is 3.51. The molecule has 0 radical (unpaired) electrons. The zero-order valence-corrected chi connectivity index (χ0v) is 17.3. The Balaban J connectivity index is 0. The second-order valence-electron chi connectivity index (χ2n) is 6.11. The molecule has 0 rings (SSSR count). The van der Waals surface area contributed by atoms with E-state index >= 15 is 0 Å². The van der Waals surface area contributed by atoms with Gasteiger partial charge in [0.05, 0.1) is 19.6 Å². The SMILES string of the molecule is CCCCCC[N+](CBr)(CCCC)CCCCCC.[Br-]. The number of alkyl halides is 1. The van der Waals surface area contributed by atoms with Crippen LogP contribution in [0.2, 0.25) is 0 Å². The highest BCUT2D eigenvalue weighted by molar-refractivity contribution is 9.09. The van der Waals surface area contributed by atoms with E-state index in [0.717, 1.165) is 5.45 Å². The van der Waals surface area contributed by atoms with Crippen LogP contribution in [0, 0.1) is 0 Å². The molecule has 0 saturated heterocycles. The number of unbranched alkanes of at least 4 members (excludes halogenated alkanes) is 7. The standard InChI is InChI=1S/C17H37BrN.BrH/c1-4-7-10-12-15-19(17-18,14-9-6-3)16-13-11-8-5-2;/h4-17H2,1-3H3;1H/q+1;/p-1. The summed E-state index contributed by atoms with van der Waals surface area (Å²) in [5.74, 6) is 0. The fraction of sp³-hybridized carbons (Fsp3) is 1.00. The number of rotatable bonds is 14. The van der Waals surface area contributed by atoms with Crippen LogP contribution in [-0.2, 0) is 0 Å². The molecule has 0 aromatic heterocycles. The van der Waals surface area contributed by atoms with Crippen LogP contribution in [0.4, 0.5) is 0 Å². The first-order valence-corrected chi connectivity index (χ1v) is 9.77. The quantitative estimate of drug-likeness (QED) is 0.177. The van der Waals surface area contributed by atoms with Crippen molar-refractivity contribution >= 4 is 15.9 Å². The maximum Gasteiger partial charge on any atom is 0.134 e. The molecule has 0 fully saturated rings. The van der Waals surface area contributed by atoms with E-state index in [1.165, 1.54) is 88.3 Å². The van der Waals surface area contributed by atoms with Crippen molar-refractivity contribution in [2.24, 2.45) is 0 Å². The van der Waals surface area contributed by atoms with Crippen LogP contribution in [0.3, 0.4) is 0 Å². The second kappa shape index (κ2) is 16.3. The van der Waals surface area contributed by atoms with Crippen LogP contribution in [-0.4, -0.2) is 29.6 Å². The van der Waals surface area contributed by atoms with E-state index in [1.54, 1.807) is 0 Å². The predicted octanol–water partition coefficient (Wildman–Crippen LogP) is 3.12. The summed E-state index contributed by atoms with van der Waals surface area (Å²) in [5, 5.41) is 0. The lowest BCUT2D eigenvalue weighted by Gasteiger charge is -2.37. The minimum absolute atomic E-state index is 0. The normalized spacial score (nSPS) is 11.4. The molecule has 0 amide bonds. The van der Waals surface area contributed by atoms with Gasteiger partial charge in [0.1, 0.15) is 5.45 Å². The summed E-state index contributed by atoms with van der Waals surface area (Å²) in [6.45, 7) is 11.1. The Kier molecular flexibility index (Phi) is 18.9. The molecule has 0 saturated carbocycles. The number of hydrogen-bond acceptors (Lipinski definition) is 0. The Morgan fingerprint density at radius 2 is 1.00 bits per heavy atom. The molecule has 0 heterocycles. The Morgan fingerprint density at radius 1 is 0.600 bits per heavy atom. The first kappa shape index (κ1) is 23.2. The monoisotopic (exact) mass is 413 g/mol. The van der Waals surface area contributed by atoms with Gasteiger partial charge in [0, 0.05) is 0 Å². The highest BCUT2D eigenvalue weighted by atomic mass is 79.9. The smallest absolute Gasteiger partial charge is 0.134 e. The minimum atomic E-state index is 0. The van der Waals surface area contributed by atoms with Crippen LogP contribution < -0.4 is 17.0 Å². The molecular weight excluding hydrogens is 378 g/mol. The predicted molar refractivity (Wildman–Crippen MR) is 91.8 cm³/mol. The van der Waals surface area contributed by atoms with Gasteiger partial charge in [-0.2, -0.15) is 0 Å². The highest BCUT2D eigenvalue weighted by Gasteiger charge is 2.24. The molecule has 0 unspecified atom stereocenters. The number of nitrogens with zero attached hydrogens (tertiary/aromatic N) is 1. The Morgan fingerprint density at radius 3 is 1.35 bits per heavy atom. The lowest BCUT2D eigenvalue weighted by molar-refractivity contribution is -0.915. The van der Waals surface area contributed by atoms with Crippen LogP contribution in [0.5, 0.6) is 0 Å². The topological polar surface area (TPSA) is 0 Å². The minimum Gasteiger partial charge on any atom is -1.00 e. The summed E-state index contributed by atoms with van der Waals surface area (Å²) in [6, 6.07) is 0. The van der Waals surface area contributed by atoms with E-state index < -0.39 is 0 Å². The first-order chi connectivity index (χ1) is 9.24. The number of hydrogen-bond donors (Lipinski definition) is 0. The summed E-state index contributed by atoms with van der Waals surface area (Å²) >= 11 is 3.81. The zero-order chi connectivity index (χ0) is 14.4. The van der Waals surface area contributed by atoms with Gasteiger partial charge in [0.15, 0.2) is 0 Å². The van der Waals surface area contributed by atoms with Crippen molar-refractivity contribution in [2.45, 2.75) is 85.0 Å². The summed E-state index contributed by atoms with van der Waals surface area (Å²) in [4.78, 5) is 0. The Hall–Kier alpha value is 0.920. The zero-order valence-electron chi connectivity index (χ0n) is 14.1. The van der Waals surface area contributed by atoms with Gasteiger partial charge < -0.3 is 21.5 Å². The number of quaternary nitrogens is 1. The van der Waals surface area contributed by atoms with Crippen molar-refractivity contribution in [3.63, 3.8) is 0 Å². The lowest BCUT2D eigenvalue weighted by Crippen LogP contribution is -3.00. The van der Waals surface area contributed by atoms with Crippen molar-refractivity contribution in [3.8, 4) is 0 Å². The molecule has 1 nitrogen and oxygen atoms in total. The molecule has 0 spiro atoms. The molecule has 0 aromatic rings. The average Bonchev–Trinajstić information content (AvgIpc) is 2.45. The van der Waals surface area contributed by atoms with Gasteiger partial charge in [-0.1, -0.05) is 52.9 Å². The summed E-state index contributed by atoms with van der Waals surface area (Å²) in [7, 11) is 0. The van der Waals surface area contributed by atoms with Gasteiger partial charge in [0.25, 0.3) is 0 Å². The van der Waals surface area contributed by atoms with E-state index in [-0.39, 0.29) is 17.0 Å². The van der Waals surface area contributed by atoms with Gasteiger partial charge >= 0.3 is 0 Å². The number of halogens is 2. The molecule has 0 aliphatic carbocycles. The van der Waals surface area contributed by atoms with Crippen LogP contribution in [0.15, 0.2) is 0 Å². The molecule has 3 heteroatoms. The van der Waals surface area contributed by atoms with Gasteiger partial charge in [-0.3, -0.25) is 0 Å². The largest absolute Gasteiger partial charge is 1.00 e. The molecule has 0 bridgehead atoms. The van der Waals surface area contributed by atoms with E-state index in [0.29, 0.717) is 0 Å². The van der Waals surface area contributed by atoms with Gasteiger partial charge in [-0.25, -0.2) is 0 Å². The van der Waals surface area contributed by atoms with E-state index in [4.69, 9.17) is 0 Å². The molecule has 20 heavy (non-hydrogen) atoms. The van der Waals surface area contributed by atoms with Crippen molar-refractivity contribution in [2.75, 3.05) is 25.1 Å². The van der Waals surface area contributed by atoms with E-state index in [1.807, 2.05) is 0 Å². The van der Waals surface area contributed by atoms with Crippen molar-refractivity contribution in [1.82, 2.24) is 0 Å². The van der Waals surface area contributed by atoms with Crippen molar-refractivity contribution in [1.29, 1.82) is 0 Å². The Bertz CT molecular complexity index is 174. The third-order valence-electron chi connectivity index (χ3n) is 4.21. The van der Waals surface area contributed by atoms with Crippen LogP contribution in [0.25, 0.3) is 0 Å². The maximum atomic E-state index is 3.81. The summed E-state index contributed by atoms with van der Waals surface area (Å²) in [6.07, 6.45) is 13.9. The third kappa shape index (κ3) is 11.6. The van der Waals surface area contributed by atoms with Crippen molar-refractivity contribution in [3.05, 3.63) is 0 Å². The Labute approximate surface area is 147 Å². The molecule has 0 atom stereocenters. The third-order valence-corrected chi connectivity index (χ3v) is 5.28. The van der Waals surface area contributed by atoms with Crippen LogP contribution in [0.1, 0.15) is 85.0 Å². The lowest BCUT2D eigenvalue weighted by atomic mass is 10.1. The van der Waals surface area contributed by atoms with Gasteiger partial charge in [0.2, 0.25) is 0 Å². The molecule has 0 aromatic carbocycles. The molecule has 0 N–H and O–H groups in total. The highest BCUT2D eigenvalue weighted by Crippen LogP contribution is 2.18. The summed E-state index contributed by atoms with van der Waals surface area (Å²) < 4.78 is 1.32. The van der Waals surface area contributed by atoms with Gasteiger partial charge in [-0.15, -0.1) is 0 Å². The molecular formula is C17H37Br2N. The first-order valence-electron chi connectivity index (χ1n) is 8.65. The summed E-state index contributed by atoms with van der Waals surface area (Å²) in [5.41, 5.74) is 1.16. The van der Waals surface area contributed by atoms with Crippen molar-refractivity contribution < 1.29 is 21.5 Å². The van der Waals surface area contributed by atoms with E-state index in [9.17, 15) is 0 Å². The molecule has 124 valence electrons. The molecule has 0 aliphatic rings. The average molecular weight is 415 g/mol. The second-order valence-corrected chi connectivity index (χ2v) is 6.61. The molecule has 0 aliphatic heterocycles.